The molecule has 1 aliphatic carbocycles. The van der Waals surface area contributed by atoms with Gasteiger partial charge in [-0.1, -0.05) is 52.9 Å². The molecule has 1 fully saturated rings. The van der Waals surface area contributed by atoms with Crippen LogP contribution in [0.25, 0.3) is 0 Å². The molecule has 13 heavy (non-hydrogen) atoms. The molecule has 0 atom stereocenters. The third-order valence-corrected chi connectivity index (χ3v) is 4.44. The van der Waals surface area contributed by atoms with Crippen molar-refractivity contribution in [1.29, 1.82) is 0 Å². The molecule has 0 nitrogen and oxygen atoms in total. The van der Waals surface area contributed by atoms with E-state index in [1.807, 2.05) is 0 Å². The highest BCUT2D eigenvalue weighted by Crippen LogP contribution is 2.45. The van der Waals surface area contributed by atoms with E-state index in [1.54, 1.807) is 0 Å². The molecular weight excluding hydrogens is 180 g/mol. The molecule has 0 aromatic carbocycles. The van der Waals surface area contributed by atoms with E-state index in [4.69, 9.17) is 11.6 Å². The van der Waals surface area contributed by atoms with Gasteiger partial charge in [-0.15, -0.1) is 11.6 Å². The highest BCUT2D eigenvalue weighted by Gasteiger charge is 2.39. The number of hydrogen-bond acceptors (Lipinski definition) is 0. The lowest BCUT2D eigenvalue weighted by atomic mass is 9.73. The Kier molecular flexibility index (Phi) is 3.68. The second-order valence-corrected chi connectivity index (χ2v) is 6.21. The van der Waals surface area contributed by atoms with E-state index in [2.05, 4.69) is 20.8 Å². The predicted molar refractivity (Wildman–Crippen MR) is 60.4 cm³/mol. The Hall–Kier alpha value is 0.290. The monoisotopic (exact) mass is 202 g/mol. The van der Waals surface area contributed by atoms with Crippen molar-refractivity contribution in [2.45, 2.75) is 70.6 Å². The summed E-state index contributed by atoms with van der Waals surface area (Å²) in [5, 5.41) is 0. The van der Waals surface area contributed by atoms with Crippen LogP contribution in [0.4, 0.5) is 0 Å². The van der Waals surface area contributed by atoms with Gasteiger partial charge < -0.3 is 0 Å². The van der Waals surface area contributed by atoms with Crippen LogP contribution in [0, 0.1) is 5.41 Å². The van der Waals surface area contributed by atoms with Crippen LogP contribution in [-0.2, 0) is 0 Å². The first-order valence-corrected chi connectivity index (χ1v) is 6.02. The van der Waals surface area contributed by atoms with Crippen LogP contribution in [0.3, 0.4) is 0 Å². The molecule has 1 aliphatic rings. The lowest BCUT2D eigenvalue weighted by molar-refractivity contribution is 0.223. The molecule has 1 saturated carbocycles. The summed E-state index contributed by atoms with van der Waals surface area (Å²) in [5.74, 6) is 0. The fourth-order valence-electron chi connectivity index (χ4n) is 2.22. The van der Waals surface area contributed by atoms with Crippen molar-refractivity contribution in [1.82, 2.24) is 0 Å². The molecule has 0 saturated heterocycles. The SMILES string of the molecule is CC(C)(C)C1(Cl)CCCCCCC1. The molecule has 0 radical (unpaired) electrons. The van der Waals surface area contributed by atoms with Gasteiger partial charge in [-0.05, 0) is 18.3 Å². The number of rotatable bonds is 0. The summed E-state index contributed by atoms with van der Waals surface area (Å²) in [7, 11) is 0. The third kappa shape index (κ3) is 2.87. The van der Waals surface area contributed by atoms with E-state index >= 15 is 0 Å². The molecule has 0 N–H and O–H groups in total. The van der Waals surface area contributed by atoms with Gasteiger partial charge in [0.15, 0.2) is 0 Å². The minimum atomic E-state index is 0.0629. The summed E-state index contributed by atoms with van der Waals surface area (Å²) >= 11 is 6.73. The first-order valence-electron chi connectivity index (χ1n) is 5.65. The van der Waals surface area contributed by atoms with Gasteiger partial charge in [-0.25, -0.2) is 0 Å². The summed E-state index contributed by atoms with van der Waals surface area (Å²) < 4.78 is 0. The minimum Gasteiger partial charge on any atom is -0.119 e. The highest BCUT2D eigenvalue weighted by molar-refractivity contribution is 6.24. The zero-order chi connectivity index (χ0) is 9.95. The van der Waals surface area contributed by atoms with E-state index in [1.165, 1.54) is 44.9 Å². The fraction of sp³-hybridized carbons (Fsp3) is 1.00. The zero-order valence-electron chi connectivity index (χ0n) is 9.33. The summed E-state index contributed by atoms with van der Waals surface area (Å²) in [6.07, 6.45) is 9.23. The number of halogens is 1. The number of alkyl halides is 1. The smallest absolute Gasteiger partial charge is 0.0495 e. The molecule has 0 spiro atoms. The average molecular weight is 203 g/mol. The average Bonchev–Trinajstić information content (AvgIpc) is 1.94. The Bertz CT molecular complexity index is 147. The van der Waals surface area contributed by atoms with Gasteiger partial charge in [0, 0.05) is 4.87 Å². The molecular formula is C12H23Cl. The summed E-state index contributed by atoms with van der Waals surface area (Å²) in [6, 6.07) is 0. The lowest BCUT2D eigenvalue weighted by Crippen LogP contribution is -2.37. The highest BCUT2D eigenvalue weighted by atomic mass is 35.5. The van der Waals surface area contributed by atoms with E-state index in [0.29, 0.717) is 0 Å². The molecule has 0 aromatic heterocycles. The van der Waals surface area contributed by atoms with Crippen LogP contribution < -0.4 is 0 Å². The normalized spacial score (nSPS) is 24.9. The van der Waals surface area contributed by atoms with Gasteiger partial charge in [-0.2, -0.15) is 0 Å². The van der Waals surface area contributed by atoms with Crippen LogP contribution in [-0.4, -0.2) is 4.87 Å². The van der Waals surface area contributed by atoms with E-state index in [9.17, 15) is 0 Å². The largest absolute Gasteiger partial charge is 0.119 e. The minimum absolute atomic E-state index is 0.0629. The molecule has 78 valence electrons. The second kappa shape index (κ2) is 4.21. The quantitative estimate of drug-likeness (QED) is 0.497. The molecule has 0 aromatic rings. The molecule has 1 heteroatoms. The van der Waals surface area contributed by atoms with E-state index in [0.717, 1.165) is 0 Å². The summed E-state index contributed by atoms with van der Waals surface area (Å²) in [5.41, 5.74) is 0.256. The van der Waals surface area contributed by atoms with Gasteiger partial charge in [0.1, 0.15) is 0 Å². The summed E-state index contributed by atoms with van der Waals surface area (Å²) in [4.78, 5) is 0.0629. The molecule has 0 unspecified atom stereocenters. The first-order chi connectivity index (χ1) is 5.96. The second-order valence-electron chi connectivity index (χ2n) is 5.48. The van der Waals surface area contributed by atoms with Gasteiger partial charge in [-0.3, -0.25) is 0 Å². The summed E-state index contributed by atoms with van der Waals surface area (Å²) in [6.45, 7) is 6.84. The fourth-order valence-corrected chi connectivity index (χ4v) is 2.48. The van der Waals surface area contributed by atoms with Crippen LogP contribution >= 0.6 is 11.6 Å². The molecule has 0 bridgehead atoms. The number of hydrogen-bond donors (Lipinski definition) is 0. The van der Waals surface area contributed by atoms with Crippen molar-refractivity contribution < 1.29 is 0 Å². The van der Waals surface area contributed by atoms with Crippen LogP contribution in [0.2, 0.25) is 0 Å². The van der Waals surface area contributed by atoms with Crippen molar-refractivity contribution in [2.75, 3.05) is 0 Å². The third-order valence-electron chi connectivity index (χ3n) is 3.49. The standard InChI is InChI=1S/C12H23Cl/c1-11(2,3)12(13)9-7-5-4-6-8-10-12/h4-10H2,1-3H3. The van der Waals surface area contributed by atoms with Crippen molar-refractivity contribution in [3.63, 3.8) is 0 Å². The Morgan fingerprint density at radius 2 is 1.23 bits per heavy atom. The van der Waals surface area contributed by atoms with Crippen LogP contribution in [0.15, 0.2) is 0 Å². The predicted octanol–water partition coefficient (Wildman–Crippen LogP) is 4.75. The van der Waals surface area contributed by atoms with E-state index in [-0.39, 0.29) is 10.3 Å². The van der Waals surface area contributed by atoms with Crippen LogP contribution in [0.5, 0.6) is 0 Å². The van der Waals surface area contributed by atoms with Crippen molar-refractivity contribution in [2.24, 2.45) is 5.41 Å². The molecule has 1 rings (SSSR count). The maximum absolute atomic E-state index is 6.73. The Morgan fingerprint density at radius 3 is 1.62 bits per heavy atom. The molecule has 0 amide bonds. The molecule has 0 aliphatic heterocycles. The van der Waals surface area contributed by atoms with Crippen molar-refractivity contribution in [3.8, 4) is 0 Å². The first kappa shape index (κ1) is 11.4. The van der Waals surface area contributed by atoms with Gasteiger partial charge in [0.05, 0.1) is 0 Å². The van der Waals surface area contributed by atoms with Crippen molar-refractivity contribution in [3.05, 3.63) is 0 Å². The Balaban J connectivity index is 2.62. The maximum atomic E-state index is 6.73. The van der Waals surface area contributed by atoms with Gasteiger partial charge >= 0.3 is 0 Å². The molecule has 0 heterocycles. The Morgan fingerprint density at radius 1 is 0.846 bits per heavy atom. The van der Waals surface area contributed by atoms with Gasteiger partial charge in [0.25, 0.3) is 0 Å². The van der Waals surface area contributed by atoms with Crippen LogP contribution in [0.1, 0.15) is 65.7 Å². The maximum Gasteiger partial charge on any atom is 0.0495 e. The van der Waals surface area contributed by atoms with E-state index < -0.39 is 0 Å². The van der Waals surface area contributed by atoms with Crippen molar-refractivity contribution >= 4 is 11.6 Å². The Labute approximate surface area is 88.1 Å². The van der Waals surface area contributed by atoms with Gasteiger partial charge in [0.2, 0.25) is 0 Å². The zero-order valence-corrected chi connectivity index (χ0v) is 10.1. The lowest BCUT2D eigenvalue weighted by Gasteiger charge is -2.41. The topological polar surface area (TPSA) is 0 Å².